The lowest BCUT2D eigenvalue weighted by atomic mass is 9.97. The van der Waals surface area contributed by atoms with Gasteiger partial charge in [-0.05, 0) is 49.1 Å². The molecule has 0 aliphatic carbocycles. The van der Waals surface area contributed by atoms with E-state index in [1.807, 2.05) is 73.3 Å². The van der Waals surface area contributed by atoms with Crippen LogP contribution >= 0.6 is 0 Å². The molecule has 0 radical (unpaired) electrons. The van der Waals surface area contributed by atoms with Crippen molar-refractivity contribution >= 4 is 23.1 Å². The van der Waals surface area contributed by atoms with Gasteiger partial charge in [-0.15, -0.1) is 0 Å². The van der Waals surface area contributed by atoms with Gasteiger partial charge in [-0.1, -0.05) is 60.2 Å². The topological polar surface area (TPSA) is 49.9 Å². The van der Waals surface area contributed by atoms with Crippen molar-refractivity contribution in [1.82, 2.24) is 4.90 Å². The maximum Gasteiger partial charge on any atom is 0.278 e. The zero-order chi connectivity index (χ0) is 23.1. The SMILES string of the molecule is COc1ccccc1CN1C(=O)C(c2ccc(C)cc2C)=C(N2CCc3ccccc32)C1=O. The molecule has 0 unspecified atom stereocenters. The van der Waals surface area contributed by atoms with Gasteiger partial charge in [0.1, 0.15) is 11.4 Å². The highest BCUT2D eigenvalue weighted by Gasteiger charge is 2.43. The van der Waals surface area contributed by atoms with E-state index in [4.69, 9.17) is 4.74 Å². The number of hydrogen-bond donors (Lipinski definition) is 0. The smallest absolute Gasteiger partial charge is 0.278 e. The highest BCUT2D eigenvalue weighted by molar-refractivity contribution is 6.37. The predicted molar refractivity (Wildman–Crippen MR) is 129 cm³/mol. The van der Waals surface area contributed by atoms with E-state index in [1.165, 1.54) is 10.5 Å². The van der Waals surface area contributed by atoms with Crippen LogP contribution in [0.3, 0.4) is 0 Å². The fraction of sp³-hybridized carbons (Fsp3) is 0.214. The normalized spacial score (nSPS) is 15.5. The van der Waals surface area contributed by atoms with Crippen LogP contribution in [0.4, 0.5) is 5.69 Å². The summed E-state index contributed by atoms with van der Waals surface area (Å²) in [4.78, 5) is 31.0. The maximum atomic E-state index is 13.8. The number of anilines is 1. The van der Waals surface area contributed by atoms with E-state index >= 15 is 0 Å². The van der Waals surface area contributed by atoms with Crippen molar-refractivity contribution in [3.8, 4) is 5.75 Å². The molecule has 3 aromatic rings. The number of imide groups is 1. The Bertz CT molecular complexity index is 1310. The number of carbonyl (C=O) groups is 2. The molecular formula is C28H26N2O3. The lowest BCUT2D eigenvalue weighted by molar-refractivity contribution is -0.137. The first-order valence-electron chi connectivity index (χ1n) is 11.1. The molecular weight excluding hydrogens is 412 g/mol. The number of para-hydroxylation sites is 2. The summed E-state index contributed by atoms with van der Waals surface area (Å²) in [6, 6.07) is 21.6. The molecule has 0 atom stereocenters. The molecule has 2 heterocycles. The summed E-state index contributed by atoms with van der Waals surface area (Å²) in [6.45, 7) is 4.85. The number of hydrogen-bond acceptors (Lipinski definition) is 4. The van der Waals surface area contributed by atoms with Gasteiger partial charge >= 0.3 is 0 Å². The molecule has 166 valence electrons. The largest absolute Gasteiger partial charge is 0.496 e. The molecule has 33 heavy (non-hydrogen) atoms. The van der Waals surface area contributed by atoms with Gasteiger partial charge in [0.25, 0.3) is 11.8 Å². The number of methoxy groups -OCH3 is 1. The first-order valence-corrected chi connectivity index (χ1v) is 11.1. The number of rotatable bonds is 5. The molecule has 0 saturated carbocycles. The van der Waals surface area contributed by atoms with E-state index in [2.05, 4.69) is 12.1 Å². The lowest BCUT2D eigenvalue weighted by Gasteiger charge is -2.22. The highest BCUT2D eigenvalue weighted by Crippen LogP contribution is 2.40. The molecule has 0 saturated heterocycles. The summed E-state index contributed by atoms with van der Waals surface area (Å²) in [5.74, 6) is 0.126. The van der Waals surface area contributed by atoms with Gasteiger partial charge in [-0.2, -0.15) is 0 Å². The van der Waals surface area contributed by atoms with Crippen LogP contribution in [0.25, 0.3) is 5.57 Å². The van der Waals surface area contributed by atoms with E-state index in [9.17, 15) is 9.59 Å². The van der Waals surface area contributed by atoms with Crippen LogP contribution in [0, 0.1) is 13.8 Å². The van der Waals surface area contributed by atoms with Crippen LogP contribution in [0.15, 0.2) is 72.4 Å². The Hall–Kier alpha value is -3.86. The molecule has 5 nitrogen and oxygen atoms in total. The van der Waals surface area contributed by atoms with Crippen LogP contribution in [0.5, 0.6) is 5.75 Å². The standard InChI is InChI=1S/C28H26N2O3/c1-18-12-13-22(19(2)16-18)25-26(29-15-14-20-8-4-6-10-23(20)29)28(32)30(27(25)31)17-21-9-5-7-11-24(21)33-3/h4-13,16H,14-15,17H2,1-3H3. The van der Waals surface area contributed by atoms with Gasteiger partial charge in [0.2, 0.25) is 0 Å². The van der Waals surface area contributed by atoms with Crippen LogP contribution in [0.1, 0.15) is 27.8 Å². The first-order chi connectivity index (χ1) is 16.0. The second-order valence-corrected chi connectivity index (χ2v) is 8.58. The molecule has 2 aliphatic rings. The zero-order valence-corrected chi connectivity index (χ0v) is 19.1. The van der Waals surface area contributed by atoms with Crippen molar-refractivity contribution in [2.45, 2.75) is 26.8 Å². The minimum absolute atomic E-state index is 0.162. The van der Waals surface area contributed by atoms with E-state index in [1.54, 1.807) is 7.11 Å². The predicted octanol–water partition coefficient (Wildman–Crippen LogP) is 4.65. The Morgan fingerprint density at radius 1 is 0.909 bits per heavy atom. The van der Waals surface area contributed by atoms with Crippen molar-refractivity contribution in [2.75, 3.05) is 18.6 Å². The van der Waals surface area contributed by atoms with Crippen LogP contribution in [-0.2, 0) is 22.6 Å². The molecule has 5 rings (SSSR count). The quantitative estimate of drug-likeness (QED) is 0.544. The highest BCUT2D eigenvalue weighted by atomic mass is 16.5. The van der Waals surface area contributed by atoms with Crippen molar-refractivity contribution in [3.63, 3.8) is 0 Å². The monoisotopic (exact) mass is 438 g/mol. The second kappa shape index (κ2) is 8.24. The average Bonchev–Trinajstić information content (AvgIpc) is 3.34. The average molecular weight is 439 g/mol. The Morgan fingerprint density at radius 2 is 1.67 bits per heavy atom. The maximum absolute atomic E-state index is 13.8. The summed E-state index contributed by atoms with van der Waals surface area (Å²) in [7, 11) is 1.60. The summed E-state index contributed by atoms with van der Waals surface area (Å²) in [5, 5.41) is 0. The van der Waals surface area contributed by atoms with E-state index in [-0.39, 0.29) is 18.4 Å². The third-order valence-corrected chi connectivity index (χ3v) is 6.47. The van der Waals surface area contributed by atoms with Gasteiger partial charge in [0.05, 0.1) is 19.2 Å². The number of benzene rings is 3. The fourth-order valence-corrected chi connectivity index (χ4v) is 4.87. The Labute approximate surface area is 193 Å². The summed E-state index contributed by atoms with van der Waals surface area (Å²) < 4.78 is 5.47. The van der Waals surface area contributed by atoms with Crippen molar-refractivity contribution in [2.24, 2.45) is 0 Å². The summed E-state index contributed by atoms with van der Waals surface area (Å²) >= 11 is 0. The Balaban J connectivity index is 1.64. The molecule has 0 aromatic heterocycles. The molecule has 0 N–H and O–H groups in total. The molecule has 0 bridgehead atoms. The summed E-state index contributed by atoms with van der Waals surface area (Å²) in [5.41, 5.74) is 6.83. The molecule has 0 fully saturated rings. The van der Waals surface area contributed by atoms with Gasteiger partial charge < -0.3 is 9.64 Å². The van der Waals surface area contributed by atoms with Crippen LogP contribution in [-0.4, -0.2) is 30.4 Å². The molecule has 2 aliphatic heterocycles. The number of amides is 2. The minimum Gasteiger partial charge on any atom is -0.496 e. The first kappa shape index (κ1) is 21.0. The van der Waals surface area contributed by atoms with Gasteiger partial charge in [0.15, 0.2) is 0 Å². The molecule has 3 aromatic carbocycles. The van der Waals surface area contributed by atoms with E-state index in [0.29, 0.717) is 23.6 Å². The fourth-order valence-electron chi connectivity index (χ4n) is 4.87. The van der Waals surface area contributed by atoms with Crippen LogP contribution in [0.2, 0.25) is 0 Å². The molecule has 2 amide bonds. The Kier molecular flexibility index (Phi) is 5.25. The van der Waals surface area contributed by atoms with Gasteiger partial charge in [0, 0.05) is 17.8 Å². The van der Waals surface area contributed by atoms with Gasteiger partial charge in [-0.3, -0.25) is 14.5 Å². The molecule has 0 spiro atoms. The number of aryl methyl sites for hydroxylation is 2. The summed E-state index contributed by atoms with van der Waals surface area (Å²) in [6.07, 6.45) is 0.841. The number of nitrogens with zero attached hydrogens (tertiary/aromatic N) is 2. The van der Waals surface area contributed by atoms with Crippen molar-refractivity contribution < 1.29 is 14.3 Å². The second-order valence-electron chi connectivity index (χ2n) is 8.58. The Morgan fingerprint density at radius 3 is 2.45 bits per heavy atom. The minimum atomic E-state index is -0.266. The number of fused-ring (bicyclic) bond motifs is 1. The zero-order valence-electron chi connectivity index (χ0n) is 19.1. The number of carbonyl (C=O) groups excluding carboxylic acids is 2. The number of ether oxygens (including phenoxy) is 1. The van der Waals surface area contributed by atoms with Gasteiger partial charge in [-0.25, -0.2) is 0 Å². The molecule has 5 heteroatoms. The third kappa shape index (κ3) is 3.50. The van der Waals surface area contributed by atoms with Crippen molar-refractivity contribution in [1.29, 1.82) is 0 Å². The lowest BCUT2D eigenvalue weighted by Crippen LogP contribution is -2.34. The van der Waals surface area contributed by atoms with Crippen LogP contribution < -0.4 is 9.64 Å². The van der Waals surface area contributed by atoms with E-state index in [0.717, 1.165) is 34.4 Å². The third-order valence-electron chi connectivity index (χ3n) is 6.47. The van der Waals surface area contributed by atoms with Crippen molar-refractivity contribution in [3.05, 3.63) is 100 Å². The van der Waals surface area contributed by atoms with E-state index < -0.39 is 0 Å².